The van der Waals surface area contributed by atoms with E-state index < -0.39 is 0 Å². The molecule has 2 aromatic rings. The van der Waals surface area contributed by atoms with Crippen LogP contribution in [0.5, 0.6) is 0 Å². The Labute approximate surface area is 152 Å². The largest absolute Gasteiger partial charge is 0.338 e. The van der Waals surface area contributed by atoms with E-state index in [0.717, 1.165) is 18.5 Å². The van der Waals surface area contributed by atoms with Crippen LogP contribution in [0.2, 0.25) is 5.02 Å². The number of nitrogens with zero attached hydrogens (tertiary/aromatic N) is 1. The van der Waals surface area contributed by atoms with Crippen LogP contribution < -0.4 is 10.6 Å². The zero-order valence-corrected chi connectivity index (χ0v) is 14.5. The Morgan fingerprint density at radius 2 is 1.60 bits per heavy atom. The Kier molecular flexibility index (Phi) is 5.56. The summed E-state index contributed by atoms with van der Waals surface area (Å²) in [7, 11) is 0. The molecule has 130 valence electrons. The third-order valence-electron chi connectivity index (χ3n) is 4.24. The molecule has 0 radical (unpaired) electrons. The Morgan fingerprint density at radius 3 is 2.24 bits per heavy atom. The van der Waals surface area contributed by atoms with Gasteiger partial charge in [-0.1, -0.05) is 29.8 Å². The van der Waals surface area contributed by atoms with Gasteiger partial charge < -0.3 is 15.5 Å². The molecule has 25 heavy (non-hydrogen) atoms. The number of amides is 3. The van der Waals surface area contributed by atoms with Gasteiger partial charge in [-0.25, -0.2) is 4.79 Å². The van der Waals surface area contributed by atoms with E-state index in [2.05, 4.69) is 10.6 Å². The van der Waals surface area contributed by atoms with Crippen molar-refractivity contribution in [2.75, 3.05) is 18.4 Å². The van der Waals surface area contributed by atoms with Crippen molar-refractivity contribution in [3.63, 3.8) is 0 Å². The van der Waals surface area contributed by atoms with E-state index in [1.165, 1.54) is 0 Å². The second-order valence-electron chi connectivity index (χ2n) is 6.04. The van der Waals surface area contributed by atoms with Crippen molar-refractivity contribution in [1.82, 2.24) is 10.2 Å². The average Bonchev–Trinajstić information content (AvgIpc) is 2.63. The molecule has 3 amide bonds. The molecule has 3 rings (SSSR count). The zero-order chi connectivity index (χ0) is 17.6. The van der Waals surface area contributed by atoms with E-state index in [4.69, 9.17) is 11.6 Å². The summed E-state index contributed by atoms with van der Waals surface area (Å²) in [5.41, 5.74) is 1.40. The minimum Gasteiger partial charge on any atom is -0.338 e. The van der Waals surface area contributed by atoms with Gasteiger partial charge in [0.1, 0.15) is 0 Å². The van der Waals surface area contributed by atoms with Gasteiger partial charge in [0.2, 0.25) is 0 Å². The van der Waals surface area contributed by atoms with E-state index in [1.807, 2.05) is 35.2 Å². The van der Waals surface area contributed by atoms with Gasteiger partial charge in [0.15, 0.2) is 0 Å². The highest BCUT2D eigenvalue weighted by Gasteiger charge is 2.24. The van der Waals surface area contributed by atoms with Gasteiger partial charge in [0.05, 0.1) is 0 Å². The molecule has 0 unspecified atom stereocenters. The van der Waals surface area contributed by atoms with Gasteiger partial charge in [0.25, 0.3) is 5.91 Å². The molecule has 0 bridgehead atoms. The predicted octanol–water partition coefficient (Wildman–Crippen LogP) is 3.77. The molecule has 1 heterocycles. The number of benzene rings is 2. The first-order valence-corrected chi connectivity index (χ1v) is 8.67. The van der Waals surface area contributed by atoms with Gasteiger partial charge in [-0.15, -0.1) is 0 Å². The van der Waals surface area contributed by atoms with Gasteiger partial charge in [-0.3, -0.25) is 4.79 Å². The number of hydrogen-bond donors (Lipinski definition) is 2. The maximum Gasteiger partial charge on any atom is 0.319 e. The molecule has 0 saturated carbocycles. The SMILES string of the molecule is O=C(Nc1ccccc1)NC1CCN(C(=O)c2ccc(Cl)cc2)CC1. The lowest BCUT2D eigenvalue weighted by Gasteiger charge is -2.32. The Balaban J connectivity index is 1.47. The molecule has 0 spiro atoms. The molecule has 6 heteroatoms. The van der Waals surface area contributed by atoms with Crippen molar-refractivity contribution in [3.8, 4) is 0 Å². The molecule has 2 N–H and O–H groups in total. The highest BCUT2D eigenvalue weighted by atomic mass is 35.5. The monoisotopic (exact) mass is 357 g/mol. The fourth-order valence-corrected chi connectivity index (χ4v) is 3.00. The number of anilines is 1. The number of rotatable bonds is 3. The summed E-state index contributed by atoms with van der Waals surface area (Å²) in [6.45, 7) is 1.25. The van der Waals surface area contributed by atoms with Crippen molar-refractivity contribution < 1.29 is 9.59 Å². The van der Waals surface area contributed by atoms with Crippen LogP contribution in [0.4, 0.5) is 10.5 Å². The van der Waals surface area contributed by atoms with Gasteiger partial charge >= 0.3 is 6.03 Å². The van der Waals surface area contributed by atoms with Crippen LogP contribution in [-0.4, -0.2) is 36.0 Å². The highest BCUT2D eigenvalue weighted by Crippen LogP contribution is 2.16. The molecule has 2 aromatic carbocycles. The Bertz CT molecular complexity index is 726. The van der Waals surface area contributed by atoms with Gasteiger partial charge in [-0.2, -0.15) is 0 Å². The first-order valence-electron chi connectivity index (χ1n) is 8.29. The Morgan fingerprint density at radius 1 is 0.960 bits per heavy atom. The summed E-state index contributed by atoms with van der Waals surface area (Å²) in [6, 6.07) is 16.1. The van der Waals surface area contributed by atoms with Crippen LogP contribution in [0.3, 0.4) is 0 Å². The second kappa shape index (κ2) is 8.03. The summed E-state index contributed by atoms with van der Waals surface area (Å²) in [5.74, 6) is 0.00357. The molecule has 0 aromatic heterocycles. The molecule has 0 aliphatic carbocycles. The van der Waals surface area contributed by atoms with Crippen LogP contribution in [0, 0.1) is 0 Å². The number of piperidine rings is 1. The standard InChI is InChI=1S/C19H20ClN3O2/c20-15-8-6-14(7-9-15)18(24)23-12-10-17(11-13-23)22-19(25)21-16-4-2-1-3-5-16/h1-9,17H,10-13H2,(H2,21,22,25). The minimum absolute atomic E-state index is 0.00357. The van der Waals surface area contributed by atoms with Crippen molar-refractivity contribution >= 4 is 29.2 Å². The first kappa shape index (κ1) is 17.3. The topological polar surface area (TPSA) is 61.4 Å². The quantitative estimate of drug-likeness (QED) is 0.878. The summed E-state index contributed by atoms with van der Waals surface area (Å²) in [6.07, 6.45) is 1.48. The lowest BCUT2D eigenvalue weighted by Crippen LogP contribution is -2.47. The fraction of sp³-hybridized carbons (Fsp3) is 0.263. The lowest BCUT2D eigenvalue weighted by atomic mass is 10.0. The van der Waals surface area contributed by atoms with Crippen molar-refractivity contribution in [3.05, 3.63) is 65.2 Å². The van der Waals surface area contributed by atoms with Crippen LogP contribution >= 0.6 is 11.6 Å². The van der Waals surface area contributed by atoms with E-state index in [9.17, 15) is 9.59 Å². The van der Waals surface area contributed by atoms with Crippen molar-refractivity contribution in [1.29, 1.82) is 0 Å². The van der Waals surface area contributed by atoms with E-state index in [1.54, 1.807) is 24.3 Å². The number of halogens is 1. The summed E-state index contributed by atoms with van der Waals surface area (Å²) in [4.78, 5) is 26.3. The van der Waals surface area contributed by atoms with Crippen LogP contribution in [-0.2, 0) is 0 Å². The highest BCUT2D eigenvalue weighted by molar-refractivity contribution is 6.30. The third kappa shape index (κ3) is 4.73. The molecule has 0 atom stereocenters. The van der Waals surface area contributed by atoms with Gasteiger partial charge in [0, 0.05) is 35.4 Å². The normalized spacial score (nSPS) is 14.8. The molecule has 1 saturated heterocycles. The number of urea groups is 1. The van der Waals surface area contributed by atoms with E-state index in [-0.39, 0.29) is 18.0 Å². The number of hydrogen-bond acceptors (Lipinski definition) is 2. The smallest absolute Gasteiger partial charge is 0.319 e. The van der Waals surface area contributed by atoms with Gasteiger partial charge in [-0.05, 0) is 49.2 Å². The molecule has 5 nitrogen and oxygen atoms in total. The predicted molar refractivity (Wildman–Crippen MR) is 99.0 cm³/mol. The maximum atomic E-state index is 12.5. The zero-order valence-electron chi connectivity index (χ0n) is 13.7. The molecule has 1 aliphatic rings. The maximum absolute atomic E-state index is 12.5. The van der Waals surface area contributed by atoms with E-state index >= 15 is 0 Å². The number of carbonyl (C=O) groups excluding carboxylic acids is 2. The molecular weight excluding hydrogens is 338 g/mol. The minimum atomic E-state index is -0.214. The summed E-state index contributed by atoms with van der Waals surface area (Å²) < 4.78 is 0. The molecule has 1 fully saturated rings. The van der Waals surface area contributed by atoms with Crippen molar-refractivity contribution in [2.45, 2.75) is 18.9 Å². The van der Waals surface area contributed by atoms with E-state index in [0.29, 0.717) is 23.7 Å². The Hall–Kier alpha value is -2.53. The fourth-order valence-electron chi connectivity index (χ4n) is 2.88. The second-order valence-corrected chi connectivity index (χ2v) is 6.47. The van der Waals surface area contributed by atoms with Crippen LogP contribution in [0.15, 0.2) is 54.6 Å². The van der Waals surface area contributed by atoms with Crippen LogP contribution in [0.25, 0.3) is 0 Å². The lowest BCUT2D eigenvalue weighted by molar-refractivity contribution is 0.0709. The average molecular weight is 358 g/mol. The van der Waals surface area contributed by atoms with Crippen LogP contribution in [0.1, 0.15) is 23.2 Å². The number of para-hydroxylation sites is 1. The third-order valence-corrected chi connectivity index (χ3v) is 4.49. The summed E-state index contributed by atoms with van der Waals surface area (Å²) >= 11 is 5.86. The number of carbonyl (C=O) groups is 2. The number of likely N-dealkylation sites (tertiary alicyclic amines) is 1. The van der Waals surface area contributed by atoms with Crippen molar-refractivity contribution in [2.24, 2.45) is 0 Å². The summed E-state index contributed by atoms with van der Waals surface area (Å²) in [5, 5.41) is 6.39. The number of nitrogens with one attached hydrogen (secondary N) is 2. The molecule has 1 aliphatic heterocycles. The first-order chi connectivity index (χ1) is 12.1. The molecular formula is C19H20ClN3O2.